The molecule has 2 heterocycles. The zero-order valence-corrected chi connectivity index (χ0v) is 24.9. The van der Waals surface area contributed by atoms with Crippen LogP contribution in [0, 0.1) is 0 Å². The molecule has 9 nitrogen and oxygen atoms in total. The SMILES string of the molecule is COc1ccc(Oc2ccc(N3c4ccc(/C=C5\SC(=S)N(CCC(=O)O)C5=O)cc4C4CCCC43)cc2)cc1.O=C=O. The van der Waals surface area contributed by atoms with Crippen LogP contribution in [0.3, 0.4) is 0 Å². The molecule has 0 spiro atoms. The largest absolute Gasteiger partial charge is 0.497 e. The van der Waals surface area contributed by atoms with E-state index in [-0.39, 0.29) is 25.0 Å². The second-order valence-corrected chi connectivity index (χ2v) is 11.8. The van der Waals surface area contributed by atoms with Crippen LogP contribution in [0.25, 0.3) is 6.08 Å². The molecular formula is C32H28N2O7S2. The Labute approximate surface area is 258 Å². The molecule has 0 radical (unpaired) electrons. The molecule has 3 aromatic carbocycles. The van der Waals surface area contributed by atoms with Crippen LogP contribution < -0.4 is 14.4 Å². The van der Waals surface area contributed by atoms with Crippen LogP contribution in [0.2, 0.25) is 0 Å². The zero-order chi connectivity index (χ0) is 30.5. The average molecular weight is 617 g/mol. The first-order valence-electron chi connectivity index (χ1n) is 13.6. The Kier molecular flexibility index (Phi) is 9.25. The first-order chi connectivity index (χ1) is 20.8. The van der Waals surface area contributed by atoms with Crippen LogP contribution in [-0.4, -0.2) is 52.1 Å². The van der Waals surface area contributed by atoms with E-state index >= 15 is 0 Å². The van der Waals surface area contributed by atoms with Crippen molar-refractivity contribution in [2.75, 3.05) is 18.6 Å². The average Bonchev–Trinajstić information content (AvgIpc) is 3.66. The second-order valence-electron chi connectivity index (χ2n) is 10.1. The Morgan fingerprint density at radius 3 is 2.35 bits per heavy atom. The summed E-state index contributed by atoms with van der Waals surface area (Å²) >= 11 is 6.57. The number of methoxy groups -OCH3 is 1. The van der Waals surface area contributed by atoms with Gasteiger partial charge in [-0.05, 0) is 90.7 Å². The van der Waals surface area contributed by atoms with Gasteiger partial charge in [-0.1, -0.05) is 36.5 Å². The molecule has 2 fully saturated rings. The number of nitrogens with zero attached hydrogens (tertiary/aromatic N) is 2. The number of rotatable bonds is 8. The molecule has 0 bridgehead atoms. The molecule has 1 saturated carbocycles. The van der Waals surface area contributed by atoms with Gasteiger partial charge in [-0.3, -0.25) is 14.5 Å². The van der Waals surface area contributed by atoms with E-state index in [1.54, 1.807) is 7.11 Å². The predicted molar refractivity (Wildman–Crippen MR) is 166 cm³/mol. The quantitative estimate of drug-likeness (QED) is 0.226. The molecule has 3 aliphatic rings. The molecule has 6 rings (SSSR count). The standard InChI is InChI=1S/C31H28N2O5S2.CO2/c1-37-21-10-12-23(13-11-21)38-22-8-6-20(7-9-22)33-26-4-2-3-24(26)25-17-19(5-14-27(25)33)18-28-30(36)32(31(39)40-28)16-15-29(34)35;2-1-3/h5-14,17-18,24,26H,2-4,15-16H2,1H3,(H,34,35);/b28-18-;. The summed E-state index contributed by atoms with van der Waals surface area (Å²) < 4.78 is 11.7. The third-order valence-electron chi connectivity index (χ3n) is 7.65. The van der Waals surface area contributed by atoms with E-state index in [9.17, 15) is 9.59 Å². The van der Waals surface area contributed by atoms with Crippen molar-refractivity contribution < 1.29 is 33.8 Å². The highest BCUT2D eigenvalue weighted by Gasteiger charge is 2.42. The number of carbonyl (C=O) groups excluding carboxylic acids is 3. The minimum absolute atomic E-state index is 0.0875. The minimum Gasteiger partial charge on any atom is -0.497 e. The summed E-state index contributed by atoms with van der Waals surface area (Å²) in [6.07, 6.45) is 5.43. The highest BCUT2D eigenvalue weighted by Crippen LogP contribution is 2.52. The summed E-state index contributed by atoms with van der Waals surface area (Å²) in [4.78, 5) is 44.5. The van der Waals surface area contributed by atoms with Crippen molar-refractivity contribution in [1.82, 2.24) is 4.90 Å². The molecule has 1 N–H and O–H groups in total. The van der Waals surface area contributed by atoms with E-state index in [1.165, 1.54) is 34.3 Å². The van der Waals surface area contributed by atoms with Crippen LogP contribution in [0.15, 0.2) is 71.6 Å². The van der Waals surface area contributed by atoms with Gasteiger partial charge in [0, 0.05) is 29.9 Å². The monoisotopic (exact) mass is 616 g/mol. The number of hydrogen-bond donors (Lipinski definition) is 1. The second kappa shape index (κ2) is 13.2. The van der Waals surface area contributed by atoms with Crippen LogP contribution in [0.1, 0.15) is 42.7 Å². The molecule has 43 heavy (non-hydrogen) atoms. The molecule has 11 heteroatoms. The number of anilines is 2. The van der Waals surface area contributed by atoms with Gasteiger partial charge in [-0.2, -0.15) is 9.59 Å². The Balaban J connectivity index is 0.00000118. The summed E-state index contributed by atoms with van der Waals surface area (Å²) in [7, 11) is 1.64. The maximum Gasteiger partial charge on any atom is 0.373 e. The maximum absolute atomic E-state index is 12.9. The fraction of sp³-hybridized carbons (Fsp3) is 0.250. The van der Waals surface area contributed by atoms with Gasteiger partial charge in [-0.15, -0.1) is 0 Å². The highest BCUT2D eigenvalue weighted by atomic mass is 32.2. The Bertz CT molecular complexity index is 1600. The van der Waals surface area contributed by atoms with E-state index in [0.29, 0.717) is 21.2 Å². The summed E-state index contributed by atoms with van der Waals surface area (Å²) in [5, 5.41) is 8.99. The molecule has 220 valence electrons. The van der Waals surface area contributed by atoms with Crippen molar-refractivity contribution in [2.24, 2.45) is 0 Å². The minimum atomic E-state index is -0.952. The third kappa shape index (κ3) is 6.49. The van der Waals surface area contributed by atoms with E-state index in [2.05, 4.69) is 29.2 Å². The Hall–Kier alpha value is -4.44. The van der Waals surface area contributed by atoms with Crippen LogP contribution in [0.4, 0.5) is 11.4 Å². The van der Waals surface area contributed by atoms with E-state index in [0.717, 1.165) is 41.3 Å². The van der Waals surface area contributed by atoms with Crippen molar-refractivity contribution in [1.29, 1.82) is 0 Å². The predicted octanol–water partition coefficient (Wildman–Crippen LogP) is 6.37. The molecule has 2 atom stereocenters. The number of thioether (sulfide) groups is 1. The third-order valence-corrected chi connectivity index (χ3v) is 9.03. The van der Waals surface area contributed by atoms with Crippen molar-refractivity contribution in [2.45, 2.75) is 37.6 Å². The molecule has 2 unspecified atom stereocenters. The van der Waals surface area contributed by atoms with Crippen LogP contribution >= 0.6 is 24.0 Å². The number of fused-ring (bicyclic) bond motifs is 3. The number of amides is 1. The number of carbonyl (C=O) groups is 2. The topological polar surface area (TPSA) is 113 Å². The van der Waals surface area contributed by atoms with Gasteiger partial charge in [-0.25, -0.2) is 0 Å². The maximum atomic E-state index is 12.9. The summed E-state index contributed by atoms with van der Waals surface area (Å²) in [6, 6.07) is 22.5. The van der Waals surface area contributed by atoms with E-state index < -0.39 is 5.97 Å². The van der Waals surface area contributed by atoms with Gasteiger partial charge >= 0.3 is 12.1 Å². The molecule has 3 aromatic rings. The molecule has 1 aliphatic carbocycles. The molecule has 1 amide bonds. The normalized spacial score (nSPS) is 19.4. The van der Waals surface area contributed by atoms with Gasteiger partial charge in [0.2, 0.25) is 0 Å². The number of carboxylic acid groups (broad SMARTS) is 1. The van der Waals surface area contributed by atoms with Gasteiger partial charge in [0.25, 0.3) is 5.91 Å². The first-order valence-corrected chi connectivity index (χ1v) is 14.9. The van der Waals surface area contributed by atoms with E-state index in [4.69, 9.17) is 36.4 Å². The number of hydrogen-bond acceptors (Lipinski definition) is 9. The molecule has 1 saturated heterocycles. The number of aliphatic carboxylic acids is 1. The number of ether oxygens (including phenoxy) is 2. The van der Waals surface area contributed by atoms with Gasteiger partial charge < -0.3 is 19.5 Å². The lowest BCUT2D eigenvalue weighted by Gasteiger charge is -2.27. The lowest BCUT2D eigenvalue weighted by molar-refractivity contribution is -0.191. The van der Waals surface area contributed by atoms with Crippen molar-refractivity contribution in [3.8, 4) is 17.2 Å². The lowest BCUT2D eigenvalue weighted by atomic mass is 9.96. The van der Waals surface area contributed by atoms with Gasteiger partial charge in [0.15, 0.2) is 0 Å². The van der Waals surface area contributed by atoms with Crippen LogP contribution in [-0.2, 0) is 19.2 Å². The molecular weight excluding hydrogens is 588 g/mol. The summed E-state index contributed by atoms with van der Waals surface area (Å²) in [6.45, 7) is 0.0875. The fourth-order valence-corrected chi connectivity index (χ4v) is 7.12. The van der Waals surface area contributed by atoms with E-state index in [1.807, 2.05) is 48.5 Å². The zero-order valence-electron chi connectivity index (χ0n) is 23.2. The van der Waals surface area contributed by atoms with Gasteiger partial charge in [0.1, 0.15) is 21.6 Å². The first kappa shape index (κ1) is 30.0. The van der Waals surface area contributed by atoms with Crippen molar-refractivity contribution in [3.05, 3.63) is 82.8 Å². The lowest BCUT2D eigenvalue weighted by Crippen LogP contribution is -2.30. The van der Waals surface area contributed by atoms with Crippen molar-refractivity contribution in [3.63, 3.8) is 0 Å². The summed E-state index contributed by atoms with van der Waals surface area (Å²) in [5.41, 5.74) is 4.58. The van der Waals surface area contributed by atoms with Gasteiger partial charge in [0.05, 0.1) is 18.4 Å². The smallest absolute Gasteiger partial charge is 0.373 e. The Morgan fingerprint density at radius 1 is 1.05 bits per heavy atom. The molecule has 0 aromatic heterocycles. The number of benzene rings is 3. The molecule has 2 aliphatic heterocycles. The fourth-order valence-electron chi connectivity index (χ4n) is 5.81. The number of thiocarbonyl (C=S) groups is 1. The van der Waals surface area contributed by atoms with Crippen LogP contribution in [0.5, 0.6) is 17.2 Å². The summed E-state index contributed by atoms with van der Waals surface area (Å²) in [5.74, 6) is 1.56. The van der Waals surface area contributed by atoms with Crippen molar-refractivity contribution >= 4 is 63.8 Å². The number of carboxylic acids is 1. The highest BCUT2D eigenvalue weighted by molar-refractivity contribution is 8.26. The Morgan fingerprint density at radius 2 is 1.70 bits per heavy atom.